The van der Waals surface area contributed by atoms with E-state index in [4.69, 9.17) is 24.3 Å². The Kier molecular flexibility index (Phi) is 11.3. The largest absolute Gasteiger partial charge is 0.494 e. The van der Waals surface area contributed by atoms with E-state index in [0.29, 0.717) is 49.5 Å². The zero-order chi connectivity index (χ0) is 30.7. The Morgan fingerprint density at radius 1 is 0.977 bits per heavy atom. The number of hydrogen-bond donors (Lipinski definition) is 2. The van der Waals surface area contributed by atoms with Crippen molar-refractivity contribution in [1.82, 2.24) is 5.32 Å². The number of nitrogens with one attached hydrogen (secondary N) is 1. The van der Waals surface area contributed by atoms with Gasteiger partial charge >= 0.3 is 0 Å². The minimum absolute atomic E-state index is 0.0402. The Morgan fingerprint density at radius 2 is 1.65 bits per heavy atom. The first-order valence-corrected chi connectivity index (χ1v) is 16.2. The van der Waals surface area contributed by atoms with Crippen molar-refractivity contribution in [2.45, 2.75) is 55.8 Å². The van der Waals surface area contributed by atoms with E-state index < -0.39 is 27.4 Å². The molecular formula is C33H40N2O7S. The van der Waals surface area contributed by atoms with Crippen LogP contribution in [0.5, 0.6) is 5.75 Å². The minimum Gasteiger partial charge on any atom is -0.494 e. The van der Waals surface area contributed by atoms with Crippen molar-refractivity contribution in [3.63, 3.8) is 0 Å². The highest BCUT2D eigenvalue weighted by Crippen LogP contribution is 2.43. The molecule has 0 aliphatic carbocycles. The number of benzene rings is 3. The van der Waals surface area contributed by atoms with E-state index in [1.54, 1.807) is 54.6 Å². The van der Waals surface area contributed by atoms with Crippen LogP contribution in [0.1, 0.15) is 50.3 Å². The van der Waals surface area contributed by atoms with E-state index in [9.17, 15) is 13.2 Å². The molecule has 0 aromatic heterocycles. The maximum atomic E-state index is 14.1. The highest BCUT2D eigenvalue weighted by molar-refractivity contribution is 7.91. The van der Waals surface area contributed by atoms with Crippen molar-refractivity contribution < 1.29 is 32.5 Å². The third-order valence-corrected chi connectivity index (χ3v) is 8.78. The number of aliphatic hydroxyl groups is 1. The van der Waals surface area contributed by atoms with Gasteiger partial charge in [0.1, 0.15) is 5.75 Å². The molecule has 0 spiro atoms. The quantitative estimate of drug-likeness (QED) is 0.230. The molecular weight excluding hydrogens is 568 g/mol. The van der Waals surface area contributed by atoms with Crippen LogP contribution in [0.2, 0.25) is 0 Å². The molecule has 2 atom stereocenters. The van der Waals surface area contributed by atoms with Gasteiger partial charge in [-0.15, -0.1) is 0 Å². The van der Waals surface area contributed by atoms with Gasteiger partial charge in [0.05, 0.1) is 23.4 Å². The van der Waals surface area contributed by atoms with Crippen LogP contribution in [0.4, 0.5) is 0 Å². The van der Waals surface area contributed by atoms with E-state index in [1.807, 2.05) is 44.2 Å². The second-order valence-corrected chi connectivity index (χ2v) is 12.7. The van der Waals surface area contributed by atoms with Crippen molar-refractivity contribution in [1.29, 1.82) is 0 Å². The molecule has 9 nitrogen and oxygen atoms in total. The molecule has 10 heteroatoms. The molecule has 3 aromatic carbocycles. The Hall–Kier alpha value is -3.73. The van der Waals surface area contributed by atoms with Gasteiger partial charge in [0, 0.05) is 38.2 Å². The van der Waals surface area contributed by atoms with Gasteiger partial charge in [0.2, 0.25) is 5.90 Å². The van der Waals surface area contributed by atoms with Crippen LogP contribution in [-0.4, -0.2) is 69.1 Å². The summed E-state index contributed by atoms with van der Waals surface area (Å²) in [5.41, 5.74) is -0.213. The zero-order valence-electron chi connectivity index (χ0n) is 24.6. The highest BCUT2D eigenvalue weighted by Gasteiger charge is 2.53. The Balaban J connectivity index is 1.68. The van der Waals surface area contributed by atoms with E-state index in [-0.39, 0.29) is 35.7 Å². The Bertz CT molecular complexity index is 1450. The number of carbonyl (C=O) groups is 1. The fourth-order valence-electron chi connectivity index (χ4n) is 4.78. The van der Waals surface area contributed by atoms with Crippen molar-refractivity contribution in [3.05, 3.63) is 96.1 Å². The summed E-state index contributed by atoms with van der Waals surface area (Å²) in [5, 5.41) is 12.0. The number of sulfone groups is 1. The molecule has 1 aliphatic rings. The van der Waals surface area contributed by atoms with Crippen LogP contribution >= 0.6 is 0 Å². The predicted octanol–water partition coefficient (Wildman–Crippen LogP) is 4.50. The molecule has 230 valence electrons. The minimum atomic E-state index is -3.72. The van der Waals surface area contributed by atoms with Crippen LogP contribution in [0.3, 0.4) is 0 Å². The maximum Gasteiger partial charge on any atom is 0.252 e. The molecule has 2 N–H and O–H groups in total. The Morgan fingerprint density at radius 3 is 2.30 bits per heavy atom. The lowest BCUT2D eigenvalue weighted by Gasteiger charge is -2.30. The SMILES string of the molecule is CC(C)OCCCNC(=O)[C@]1(CCS(=O)(=O)c2ccccc2)N=C(c2ccc(OCCCO)cc2)O[C@@H]1c1ccccc1. The lowest BCUT2D eigenvalue weighted by molar-refractivity contribution is -0.129. The normalized spacial score (nSPS) is 18.2. The summed E-state index contributed by atoms with van der Waals surface area (Å²) in [6.07, 6.45) is 0.234. The molecule has 0 bridgehead atoms. The summed E-state index contributed by atoms with van der Waals surface area (Å²) in [7, 11) is -3.72. The van der Waals surface area contributed by atoms with E-state index >= 15 is 0 Å². The lowest BCUT2D eigenvalue weighted by atomic mass is 9.85. The molecule has 43 heavy (non-hydrogen) atoms. The van der Waals surface area contributed by atoms with Crippen molar-refractivity contribution in [3.8, 4) is 5.75 Å². The number of amides is 1. The van der Waals surface area contributed by atoms with Crippen LogP contribution in [0.25, 0.3) is 0 Å². The molecule has 1 aliphatic heterocycles. The monoisotopic (exact) mass is 608 g/mol. The van der Waals surface area contributed by atoms with Crippen LogP contribution in [-0.2, 0) is 24.1 Å². The first-order chi connectivity index (χ1) is 20.7. The van der Waals surface area contributed by atoms with Gasteiger partial charge in [-0.25, -0.2) is 13.4 Å². The number of hydrogen-bond acceptors (Lipinski definition) is 8. The van der Waals surface area contributed by atoms with Gasteiger partial charge in [0.25, 0.3) is 5.91 Å². The predicted molar refractivity (Wildman–Crippen MR) is 165 cm³/mol. The summed E-state index contributed by atoms with van der Waals surface area (Å²) < 4.78 is 44.5. The number of nitrogens with zero attached hydrogens (tertiary/aromatic N) is 1. The Labute approximate surface area is 253 Å². The standard InChI is InChI=1S/C33H40N2O7S/c1-25(2)40-22-9-20-34-32(37)33(19-24-43(38,39)29-13-7-4-8-14-29)30(26-11-5-3-6-12-26)42-31(35-33)27-15-17-28(18-16-27)41-23-10-21-36/h3-8,11-18,25,30,36H,9-10,19-24H2,1-2H3,(H,34,37)/t30-,33-/m1/s1. The number of rotatable bonds is 16. The molecule has 1 heterocycles. The summed E-state index contributed by atoms with van der Waals surface area (Å²) in [6.45, 7) is 5.14. The molecule has 0 fully saturated rings. The number of aliphatic imine (C=N–C) groups is 1. The lowest BCUT2D eigenvalue weighted by Crippen LogP contribution is -2.49. The van der Waals surface area contributed by atoms with Crippen molar-refractivity contribution >= 4 is 21.6 Å². The molecule has 0 unspecified atom stereocenters. The summed E-state index contributed by atoms with van der Waals surface area (Å²) in [4.78, 5) is 19.2. The van der Waals surface area contributed by atoms with Gasteiger partial charge in [-0.3, -0.25) is 4.79 Å². The number of carbonyl (C=O) groups excluding carboxylic acids is 1. The topological polar surface area (TPSA) is 124 Å². The van der Waals surface area contributed by atoms with E-state index in [2.05, 4.69) is 5.32 Å². The van der Waals surface area contributed by atoms with Gasteiger partial charge < -0.3 is 24.6 Å². The molecule has 0 saturated heterocycles. The molecule has 0 saturated carbocycles. The second-order valence-electron chi connectivity index (χ2n) is 10.6. The van der Waals surface area contributed by atoms with Gasteiger partial charge in [-0.2, -0.15) is 0 Å². The number of ether oxygens (including phenoxy) is 3. The number of aliphatic hydroxyl groups excluding tert-OH is 1. The summed E-state index contributed by atoms with van der Waals surface area (Å²) >= 11 is 0. The van der Waals surface area contributed by atoms with Crippen molar-refractivity contribution in [2.75, 3.05) is 32.1 Å². The molecule has 4 rings (SSSR count). The first kappa shape index (κ1) is 32.2. The molecule has 3 aromatic rings. The van der Waals surface area contributed by atoms with Gasteiger partial charge in [0.15, 0.2) is 21.5 Å². The second kappa shape index (κ2) is 15.1. The van der Waals surface area contributed by atoms with Gasteiger partial charge in [-0.05, 0) is 62.2 Å². The van der Waals surface area contributed by atoms with Crippen LogP contribution in [0, 0.1) is 0 Å². The summed E-state index contributed by atoms with van der Waals surface area (Å²) in [6, 6.07) is 24.6. The zero-order valence-corrected chi connectivity index (χ0v) is 25.5. The van der Waals surface area contributed by atoms with Crippen LogP contribution in [0.15, 0.2) is 94.8 Å². The van der Waals surface area contributed by atoms with E-state index in [1.165, 1.54) is 0 Å². The van der Waals surface area contributed by atoms with E-state index in [0.717, 1.165) is 0 Å². The summed E-state index contributed by atoms with van der Waals surface area (Å²) in [5.74, 6) is 0.151. The third kappa shape index (κ3) is 8.43. The average Bonchev–Trinajstić information content (AvgIpc) is 3.42. The van der Waals surface area contributed by atoms with Crippen molar-refractivity contribution in [2.24, 2.45) is 4.99 Å². The maximum absolute atomic E-state index is 14.1. The third-order valence-electron chi connectivity index (χ3n) is 7.04. The average molecular weight is 609 g/mol. The highest BCUT2D eigenvalue weighted by atomic mass is 32.2. The first-order valence-electron chi connectivity index (χ1n) is 14.6. The van der Waals surface area contributed by atoms with Crippen LogP contribution < -0.4 is 10.1 Å². The smallest absolute Gasteiger partial charge is 0.252 e. The van der Waals surface area contributed by atoms with Gasteiger partial charge in [-0.1, -0.05) is 48.5 Å². The molecule has 1 amide bonds. The molecule has 0 radical (unpaired) electrons. The fourth-order valence-corrected chi connectivity index (χ4v) is 6.17. The fraction of sp³-hybridized carbons (Fsp3) is 0.394.